The van der Waals surface area contributed by atoms with Crippen LogP contribution in [0.25, 0.3) is 0 Å². The third kappa shape index (κ3) is 3.26. The van der Waals surface area contributed by atoms with Gasteiger partial charge in [0.25, 0.3) is 5.92 Å². The first-order valence-corrected chi connectivity index (χ1v) is 4.19. The van der Waals surface area contributed by atoms with Gasteiger partial charge in [-0.3, -0.25) is 0 Å². The van der Waals surface area contributed by atoms with Crippen LogP contribution in [-0.2, 0) is 0 Å². The summed E-state index contributed by atoms with van der Waals surface area (Å²) in [5, 5.41) is 10.7. The van der Waals surface area contributed by atoms with Gasteiger partial charge in [-0.05, 0) is 18.6 Å². The smallest absolute Gasteiger partial charge is 0.287 e. The van der Waals surface area contributed by atoms with Crippen molar-refractivity contribution in [1.29, 1.82) is 0 Å². The number of hydrogen-bond donors (Lipinski definition) is 2. The van der Waals surface area contributed by atoms with E-state index in [1.54, 1.807) is 18.3 Å². The van der Waals surface area contributed by atoms with Gasteiger partial charge >= 0.3 is 0 Å². The van der Waals surface area contributed by atoms with Gasteiger partial charge in [-0.1, -0.05) is 6.07 Å². The highest BCUT2D eigenvalue weighted by Crippen LogP contribution is 2.13. The molecule has 0 saturated carbocycles. The Morgan fingerprint density at radius 3 is 2.71 bits per heavy atom. The number of pyridine rings is 1. The van der Waals surface area contributed by atoms with E-state index in [9.17, 15) is 8.78 Å². The Morgan fingerprint density at radius 1 is 1.50 bits per heavy atom. The molecule has 14 heavy (non-hydrogen) atoms. The zero-order valence-corrected chi connectivity index (χ0v) is 7.80. The highest BCUT2D eigenvalue weighted by Gasteiger charge is 2.27. The lowest BCUT2D eigenvalue weighted by Gasteiger charge is -2.14. The second kappa shape index (κ2) is 4.32. The van der Waals surface area contributed by atoms with Crippen LogP contribution < -0.4 is 5.32 Å². The molecule has 0 radical (unpaired) electrons. The summed E-state index contributed by atoms with van der Waals surface area (Å²) >= 11 is 0. The van der Waals surface area contributed by atoms with Gasteiger partial charge in [0.1, 0.15) is 12.4 Å². The van der Waals surface area contributed by atoms with E-state index in [1.165, 1.54) is 0 Å². The maximum atomic E-state index is 12.6. The van der Waals surface area contributed by atoms with Gasteiger partial charge in [0.15, 0.2) is 0 Å². The van der Waals surface area contributed by atoms with Crippen molar-refractivity contribution >= 4 is 5.82 Å². The summed E-state index contributed by atoms with van der Waals surface area (Å²) < 4.78 is 25.2. The molecule has 0 spiro atoms. The quantitative estimate of drug-likeness (QED) is 0.776. The number of halogens is 2. The fraction of sp³-hybridized carbons (Fsp3) is 0.444. The summed E-state index contributed by atoms with van der Waals surface area (Å²) in [5.41, 5.74) is 0.962. The number of hydrogen-bond acceptors (Lipinski definition) is 3. The van der Waals surface area contributed by atoms with Crippen LogP contribution in [0.4, 0.5) is 14.6 Å². The maximum Gasteiger partial charge on any atom is 0.287 e. The van der Waals surface area contributed by atoms with E-state index >= 15 is 0 Å². The molecule has 0 aliphatic heterocycles. The molecule has 5 heteroatoms. The van der Waals surface area contributed by atoms with Gasteiger partial charge in [-0.2, -0.15) is 0 Å². The van der Waals surface area contributed by atoms with E-state index in [2.05, 4.69) is 10.3 Å². The summed E-state index contributed by atoms with van der Waals surface area (Å²) in [6, 6.07) is 3.38. The largest absolute Gasteiger partial charge is 0.390 e. The van der Waals surface area contributed by atoms with E-state index in [4.69, 9.17) is 5.11 Å². The summed E-state index contributed by atoms with van der Waals surface area (Å²) in [7, 11) is 0. The van der Waals surface area contributed by atoms with Crippen LogP contribution in [0, 0.1) is 6.92 Å². The molecule has 0 aliphatic rings. The Morgan fingerprint density at radius 2 is 2.21 bits per heavy atom. The number of alkyl halides is 2. The van der Waals surface area contributed by atoms with E-state index in [-0.39, 0.29) is 0 Å². The summed E-state index contributed by atoms with van der Waals surface area (Å²) in [4.78, 5) is 3.89. The first-order valence-electron chi connectivity index (χ1n) is 4.19. The molecule has 0 fully saturated rings. The number of aliphatic hydroxyl groups is 1. The van der Waals surface area contributed by atoms with Gasteiger partial charge in [-0.25, -0.2) is 13.8 Å². The molecular formula is C9H12F2N2O. The summed E-state index contributed by atoms with van der Waals surface area (Å²) in [6.45, 7) is 0.0878. The van der Waals surface area contributed by atoms with Crippen molar-refractivity contribution in [2.24, 2.45) is 0 Å². The third-order valence-electron chi connectivity index (χ3n) is 1.67. The van der Waals surface area contributed by atoms with Gasteiger partial charge < -0.3 is 10.4 Å². The number of aliphatic hydroxyl groups excluding tert-OH is 1. The predicted molar refractivity (Wildman–Crippen MR) is 49.5 cm³/mol. The minimum Gasteiger partial charge on any atom is -0.390 e. The predicted octanol–water partition coefficient (Wildman–Crippen LogP) is 1.43. The van der Waals surface area contributed by atoms with Crippen molar-refractivity contribution in [2.45, 2.75) is 12.8 Å². The van der Waals surface area contributed by atoms with Gasteiger partial charge in [0.2, 0.25) is 0 Å². The van der Waals surface area contributed by atoms with E-state index < -0.39 is 19.1 Å². The average Bonchev–Trinajstić information content (AvgIpc) is 2.17. The van der Waals surface area contributed by atoms with Crippen molar-refractivity contribution in [2.75, 3.05) is 18.5 Å². The monoisotopic (exact) mass is 202 g/mol. The average molecular weight is 202 g/mol. The Hall–Kier alpha value is -1.23. The normalized spacial score (nSPS) is 11.4. The zero-order valence-electron chi connectivity index (χ0n) is 7.80. The fourth-order valence-electron chi connectivity index (χ4n) is 0.848. The van der Waals surface area contributed by atoms with Crippen LogP contribution >= 0.6 is 0 Å². The number of nitrogens with one attached hydrogen (secondary N) is 1. The molecule has 1 aromatic rings. The van der Waals surface area contributed by atoms with Crippen molar-refractivity contribution < 1.29 is 13.9 Å². The van der Waals surface area contributed by atoms with E-state index in [0.29, 0.717) is 5.82 Å². The van der Waals surface area contributed by atoms with Crippen molar-refractivity contribution in [3.8, 4) is 0 Å². The molecule has 3 nitrogen and oxygen atoms in total. The molecule has 0 unspecified atom stereocenters. The topological polar surface area (TPSA) is 45.1 Å². The minimum absolute atomic E-state index is 0.378. The fourth-order valence-corrected chi connectivity index (χ4v) is 0.848. The second-order valence-electron chi connectivity index (χ2n) is 3.09. The van der Waals surface area contributed by atoms with Crippen molar-refractivity contribution in [3.63, 3.8) is 0 Å². The molecule has 1 rings (SSSR count). The molecule has 0 amide bonds. The highest BCUT2D eigenvalue weighted by atomic mass is 19.3. The third-order valence-corrected chi connectivity index (χ3v) is 1.67. The van der Waals surface area contributed by atoms with Crippen molar-refractivity contribution in [1.82, 2.24) is 4.98 Å². The van der Waals surface area contributed by atoms with Crippen LogP contribution in [-0.4, -0.2) is 29.2 Å². The van der Waals surface area contributed by atoms with Crippen LogP contribution in [0.2, 0.25) is 0 Å². The number of rotatable bonds is 4. The molecule has 1 heterocycles. The highest BCUT2D eigenvalue weighted by molar-refractivity contribution is 5.35. The molecule has 0 saturated heterocycles. The summed E-state index contributed by atoms with van der Waals surface area (Å²) in [6.07, 6.45) is 1.58. The molecule has 0 bridgehead atoms. The molecule has 78 valence electrons. The SMILES string of the molecule is Cc1ccc(NCC(F)(F)CO)nc1. The first-order chi connectivity index (χ1) is 6.53. The van der Waals surface area contributed by atoms with E-state index in [1.807, 2.05) is 6.92 Å². The lowest BCUT2D eigenvalue weighted by molar-refractivity contribution is -0.0373. The zero-order chi connectivity index (χ0) is 10.6. The molecule has 0 atom stereocenters. The standard InChI is InChI=1S/C9H12F2N2O/c1-7-2-3-8(12-4-7)13-5-9(10,11)6-14/h2-4,14H,5-6H2,1H3,(H,12,13). The molecule has 0 aliphatic carbocycles. The molecule has 0 aromatic carbocycles. The minimum atomic E-state index is -3.10. The number of nitrogens with zero attached hydrogens (tertiary/aromatic N) is 1. The van der Waals surface area contributed by atoms with Crippen molar-refractivity contribution in [3.05, 3.63) is 23.9 Å². The van der Waals surface area contributed by atoms with Gasteiger partial charge in [0, 0.05) is 6.20 Å². The van der Waals surface area contributed by atoms with Crippen LogP contribution in [0.15, 0.2) is 18.3 Å². The van der Waals surface area contributed by atoms with Crippen LogP contribution in [0.5, 0.6) is 0 Å². The van der Waals surface area contributed by atoms with E-state index in [0.717, 1.165) is 5.56 Å². The van der Waals surface area contributed by atoms with Gasteiger partial charge in [-0.15, -0.1) is 0 Å². The Kier molecular flexibility index (Phi) is 3.35. The lowest BCUT2D eigenvalue weighted by atomic mass is 10.3. The Labute approximate surface area is 80.8 Å². The molecule has 1 aromatic heterocycles. The first kappa shape index (κ1) is 10.8. The van der Waals surface area contributed by atoms with Crippen LogP contribution in [0.1, 0.15) is 5.56 Å². The maximum absolute atomic E-state index is 12.6. The number of aryl methyl sites for hydroxylation is 1. The Bertz CT molecular complexity index is 287. The molecule has 2 N–H and O–H groups in total. The van der Waals surface area contributed by atoms with Gasteiger partial charge in [0.05, 0.1) is 6.54 Å². The van der Waals surface area contributed by atoms with Crippen LogP contribution in [0.3, 0.4) is 0 Å². The summed E-state index contributed by atoms with van der Waals surface area (Å²) in [5.74, 6) is -2.73. The number of aromatic nitrogens is 1. The lowest BCUT2D eigenvalue weighted by Crippen LogP contribution is -2.31. The second-order valence-corrected chi connectivity index (χ2v) is 3.09. The molecular weight excluding hydrogens is 190 g/mol. The number of anilines is 1. The Balaban J connectivity index is 2.50.